The minimum Gasteiger partial charge on any atom is -0.497 e. The molecule has 2 rings (SSSR count). The second-order valence-electron chi connectivity index (χ2n) is 3.79. The Balaban J connectivity index is 2.39. The molecule has 2 aromatic rings. The van der Waals surface area contributed by atoms with Crippen LogP contribution in [-0.4, -0.2) is 14.2 Å². The molecule has 1 N–H and O–H groups in total. The first-order valence-corrected chi connectivity index (χ1v) is 7.36. The summed E-state index contributed by atoms with van der Waals surface area (Å²) < 4.78 is 20.3. The van der Waals surface area contributed by atoms with Crippen molar-refractivity contribution < 1.29 is 9.13 Å². The van der Waals surface area contributed by atoms with Crippen LogP contribution in [0.25, 0.3) is 0 Å². The normalized spacial score (nSPS) is 12.4. The van der Waals surface area contributed by atoms with E-state index in [2.05, 4.69) is 34.0 Å². The van der Waals surface area contributed by atoms with Gasteiger partial charge in [0.05, 0.1) is 16.0 Å². The Morgan fingerprint density at radius 3 is 2.67 bits per heavy atom. The zero-order valence-electron chi connectivity index (χ0n) is 10.0. The van der Waals surface area contributed by atoms with Crippen LogP contribution in [0.15, 0.2) is 29.6 Å². The molecule has 0 fully saturated rings. The largest absolute Gasteiger partial charge is 0.497 e. The molecule has 0 aliphatic carbocycles. The quantitative estimate of drug-likeness (QED) is 0.819. The fourth-order valence-electron chi connectivity index (χ4n) is 1.85. The van der Waals surface area contributed by atoms with E-state index in [0.717, 1.165) is 5.56 Å². The van der Waals surface area contributed by atoms with E-state index >= 15 is 0 Å². The number of thiophene rings is 1. The van der Waals surface area contributed by atoms with Crippen LogP contribution in [0.1, 0.15) is 17.2 Å². The summed E-state index contributed by atoms with van der Waals surface area (Å²) in [5.41, 5.74) is 1.71. The Kier molecular flexibility index (Phi) is 4.58. The van der Waals surface area contributed by atoms with E-state index in [9.17, 15) is 4.39 Å². The lowest BCUT2D eigenvalue weighted by atomic mass is 10.0. The fraction of sp³-hybridized carbons (Fsp3) is 0.231. The monoisotopic (exact) mass is 377 g/mol. The van der Waals surface area contributed by atoms with E-state index in [4.69, 9.17) is 4.74 Å². The number of hydrogen-bond donors (Lipinski definition) is 1. The average molecular weight is 377 g/mol. The minimum absolute atomic E-state index is 0.129. The van der Waals surface area contributed by atoms with Crippen LogP contribution in [0.3, 0.4) is 0 Å². The van der Waals surface area contributed by atoms with E-state index in [1.54, 1.807) is 23.5 Å². The number of hydrogen-bond acceptors (Lipinski definition) is 3. The van der Waals surface area contributed by atoms with Gasteiger partial charge in [0.25, 0.3) is 0 Å². The van der Waals surface area contributed by atoms with Crippen molar-refractivity contribution in [2.45, 2.75) is 6.04 Å². The van der Waals surface area contributed by atoms with Gasteiger partial charge in [-0.05, 0) is 52.7 Å². The molecule has 5 heteroatoms. The molecule has 1 heterocycles. The highest BCUT2D eigenvalue weighted by atomic mass is 127. The molecule has 0 aliphatic heterocycles. The topological polar surface area (TPSA) is 21.3 Å². The Morgan fingerprint density at radius 2 is 2.17 bits per heavy atom. The lowest BCUT2D eigenvalue weighted by molar-refractivity contribution is 0.410. The van der Waals surface area contributed by atoms with Gasteiger partial charge < -0.3 is 10.1 Å². The van der Waals surface area contributed by atoms with Crippen molar-refractivity contribution in [3.63, 3.8) is 0 Å². The summed E-state index contributed by atoms with van der Waals surface area (Å²) in [5.74, 6) is 0.279. The third-order valence-electron chi connectivity index (χ3n) is 2.73. The predicted molar refractivity (Wildman–Crippen MR) is 80.9 cm³/mol. The van der Waals surface area contributed by atoms with Crippen molar-refractivity contribution in [2.24, 2.45) is 0 Å². The molecule has 96 valence electrons. The molecule has 1 aromatic carbocycles. The first kappa shape index (κ1) is 13.8. The average Bonchev–Trinajstić information content (AvgIpc) is 2.78. The van der Waals surface area contributed by atoms with Crippen LogP contribution in [0.5, 0.6) is 5.75 Å². The second-order valence-corrected chi connectivity index (χ2v) is 6.60. The van der Waals surface area contributed by atoms with Gasteiger partial charge in [0.15, 0.2) is 0 Å². The maximum atomic E-state index is 14.0. The van der Waals surface area contributed by atoms with Crippen molar-refractivity contribution in [3.8, 4) is 5.75 Å². The third-order valence-corrected chi connectivity index (χ3v) is 4.54. The van der Waals surface area contributed by atoms with Gasteiger partial charge in [-0.1, -0.05) is 6.07 Å². The number of halogens is 2. The first-order chi connectivity index (χ1) is 8.65. The van der Waals surface area contributed by atoms with E-state index in [-0.39, 0.29) is 11.9 Å². The molecule has 0 spiro atoms. The summed E-state index contributed by atoms with van der Waals surface area (Å²) in [6, 6.07) is 6.89. The van der Waals surface area contributed by atoms with Crippen molar-refractivity contribution >= 4 is 33.9 Å². The lowest BCUT2D eigenvalue weighted by Gasteiger charge is -2.16. The van der Waals surface area contributed by atoms with Crippen LogP contribution < -0.4 is 10.1 Å². The predicted octanol–water partition coefficient (Wildman–Crippen LogP) is 3.81. The summed E-state index contributed by atoms with van der Waals surface area (Å²) in [4.78, 5) is 0. The zero-order valence-corrected chi connectivity index (χ0v) is 13.0. The highest BCUT2D eigenvalue weighted by Crippen LogP contribution is 2.30. The van der Waals surface area contributed by atoms with Crippen molar-refractivity contribution in [3.05, 3.63) is 49.5 Å². The molecule has 0 radical (unpaired) electrons. The summed E-state index contributed by atoms with van der Waals surface area (Å²) in [5, 5.41) is 5.20. The van der Waals surface area contributed by atoms with Gasteiger partial charge in [0.1, 0.15) is 11.6 Å². The molecule has 0 aliphatic rings. The molecule has 1 atom stereocenters. The van der Waals surface area contributed by atoms with E-state index in [1.165, 1.54) is 16.1 Å². The van der Waals surface area contributed by atoms with Gasteiger partial charge >= 0.3 is 0 Å². The SMILES string of the molecule is CNC(c1csc(I)c1)c1ccc(OC)cc1F. The van der Waals surface area contributed by atoms with E-state index in [0.29, 0.717) is 11.3 Å². The van der Waals surface area contributed by atoms with E-state index < -0.39 is 0 Å². The lowest BCUT2D eigenvalue weighted by Crippen LogP contribution is -2.18. The minimum atomic E-state index is -0.255. The maximum absolute atomic E-state index is 14.0. The number of nitrogens with one attached hydrogen (secondary N) is 1. The molecule has 2 nitrogen and oxygen atoms in total. The Labute approximate surface area is 123 Å². The van der Waals surface area contributed by atoms with Gasteiger partial charge in [0, 0.05) is 11.6 Å². The molecule has 0 saturated carbocycles. The molecular weight excluding hydrogens is 364 g/mol. The van der Waals surface area contributed by atoms with Crippen LogP contribution in [0, 0.1) is 8.70 Å². The third kappa shape index (κ3) is 2.84. The summed E-state index contributed by atoms with van der Waals surface area (Å²) in [6.45, 7) is 0. The molecule has 0 bridgehead atoms. The Hall–Kier alpha value is -0.660. The number of rotatable bonds is 4. The standard InChI is InChI=1S/C13H13FINOS/c1-16-13(8-5-12(15)18-7-8)10-4-3-9(17-2)6-11(10)14/h3-7,13,16H,1-2H3. The van der Waals surface area contributed by atoms with Crippen molar-refractivity contribution in [1.29, 1.82) is 0 Å². The molecule has 1 unspecified atom stereocenters. The van der Waals surface area contributed by atoms with Gasteiger partial charge in [-0.15, -0.1) is 11.3 Å². The summed E-state index contributed by atoms with van der Waals surface area (Å²) >= 11 is 3.92. The number of methoxy groups -OCH3 is 1. The first-order valence-electron chi connectivity index (χ1n) is 5.40. The second kappa shape index (κ2) is 5.99. The van der Waals surface area contributed by atoms with Crippen LogP contribution >= 0.6 is 33.9 Å². The van der Waals surface area contributed by atoms with Crippen LogP contribution in [-0.2, 0) is 0 Å². The number of benzene rings is 1. The number of ether oxygens (including phenoxy) is 1. The summed E-state index contributed by atoms with van der Waals surface area (Å²) in [7, 11) is 3.37. The zero-order chi connectivity index (χ0) is 13.1. The van der Waals surface area contributed by atoms with Gasteiger partial charge in [-0.2, -0.15) is 0 Å². The molecule has 18 heavy (non-hydrogen) atoms. The van der Waals surface area contributed by atoms with Crippen LogP contribution in [0.2, 0.25) is 0 Å². The van der Waals surface area contributed by atoms with Crippen molar-refractivity contribution in [1.82, 2.24) is 5.32 Å². The fourth-order valence-corrected chi connectivity index (χ4v) is 3.24. The van der Waals surface area contributed by atoms with Gasteiger partial charge in [-0.3, -0.25) is 0 Å². The Bertz CT molecular complexity index is 544. The molecule has 0 amide bonds. The molecule has 0 saturated heterocycles. The molecular formula is C13H13FINOS. The summed E-state index contributed by atoms with van der Waals surface area (Å²) in [6.07, 6.45) is 0. The van der Waals surface area contributed by atoms with Gasteiger partial charge in [-0.25, -0.2) is 4.39 Å². The van der Waals surface area contributed by atoms with Crippen LogP contribution in [0.4, 0.5) is 4.39 Å². The smallest absolute Gasteiger partial charge is 0.132 e. The van der Waals surface area contributed by atoms with Crippen molar-refractivity contribution in [2.75, 3.05) is 14.2 Å². The Morgan fingerprint density at radius 1 is 1.39 bits per heavy atom. The van der Waals surface area contributed by atoms with Gasteiger partial charge in [0.2, 0.25) is 0 Å². The highest BCUT2D eigenvalue weighted by Gasteiger charge is 2.17. The molecule has 1 aromatic heterocycles. The maximum Gasteiger partial charge on any atom is 0.132 e. The van der Waals surface area contributed by atoms with E-state index in [1.807, 2.05) is 12.4 Å². The highest BCUT2D eigenvalue weighted by molar-refractivity contribution is 14.1.